The molecule has 2 aromatic rings. The fourth-order valence-corrected chi connectivity index (χ4v) is 6.44. The molecule has 12 nitrogen and oxygen atoms in total. The van der Waals surface area contributed by atoms with Gasteiger partial charge in [0.1, 0.15) is 18.1 Å². The van der Waals surface area contributed by atoms with Gasteiger partial charge in [0.2, 0.25) is 23.6 Å². The van der Waals surface area contributed by atoms with E-state index < -0.39 is 41.9 Å². The van der Waals surface area contributed by atoms with E-state index in [4.69, 9.17) is 22.9 Å². The Balaban J connectivity index is 1.37. The molecule has 1 aliphatic carbocycles. The zero-order chi connectivity index (χ0) is 32.5. The molecule has 242 valence electrons. The standard InChI is InChI=1S/C33H46N8O4/c1-20(30(43)40-26(29(35)42)18-21-13-15-23(16-14-21)22-8-3-2-4-9-22)39-31(44)28-19-24-10-5-6-12-27(24)41(28)32(45)25(34)11-7-17-38-33(36)37/h2-4,8-9,13-16,20,24-28H,5-7,10-12,17-19,34H2,1H3,(H2,35,42)(H,39,44)(H,40,43)(H4,36,37,38)/t20-,24+,25-,26+,27+,28+/m1/s1. The fourth-order valence-electron chi connectivity index (χ4n) is 6.44. The molecule has 0 radical (unpaired) electrons. The van der Waals surface area contributed by atoms with E-state index in [0.717, 1.165) is 42.4 Å². The fraction of sp³-hybridized carbons (Fsp3) is 0.485. The van der Waals surface area contributed by atoms with Gasteiger partial charge in [-0.25, -0.2) is 0 Å². The van der Waals surface area contributed by atoms with Crippen molar-refractivity contribution in [3.8, 4) is 11.1 Å². The van der Waals surface area contributed by atoms with E-state index in [1.807, 2.05) is 54.6 Å². The number of hydrogen-bond acceptors (Lipinski definition) is 6. The van der Waals surface area contributed by atoms with E-state index >= 15 is 0 Å². The summed E-state index contributed by atoms with van der Waals surface area (Å²) in [6.07, 6.45) is 5.38. The highest BCUT2D eigenvalue weighted by Crippen LogP contribution is 2.40. The topological polar surface area (TPSA) is 212 Å². The normalized spacial score (nSPS) is 21.1. The molecular formula is C33H46N8O4. The lowest BCUT2D eigenvalue weighted by Gasteiger charge is -2.35. The predicted octanol–water partition coefficient (Wildman–Crippen LogP) is 0.912. The minimum Gasteiger partial charge on any atom is -0.370 e. The molecule has 10 N–H and O–H groups in total. The molecule has 1 aliphatic heterocycles. The quantitative estimate of drug-likeness (QED) is 0.108. The van der Waals surface area contributed by atoms with Gasteiger partial charge in [-0.3, -0.25) is 24.2 Å². The van der Waals surface area contributed by atoms with Crippen molar-refractivity contribution in [1.82, 2.24) is 15.5 Å². The lowest BCUT2D eigenvalue weighted by atomic mass is 9.84. The van der Waals surface area contributed by atoms with E-state index in [2.05, 4.69) is 15.6 Å². The summed E-state index contributed by atoms with van der Waals surface area (Å²) >= 11 is 0. The van der Waals surface area contributed by atoms with Crippen LogP contribution in [-0.4, -0.2) is 71.2 Å². The zero-order valence-electron chi connectivity index (χ0n) is 25.9. The molecule has 4 amide bonds. The number of hydrogen-bond donors (Lipinski definition) is 6. The summed E-state index contributed by atoms with van der Waals surface area (Å²) in [7, 11) is 0. The Morgan fingerprint density at radius 2 is 1.60 bits per heavy atom. The van der Waals surface area contributed by atoms with Crippen molar-refractivity contribution in [2.75, 3.05) is 6.54 Å². The Morgan fingerprint density at radius 3 is 2.27 bits per heavy atom. The van der Waals surface area contributed by atoms with Gasteiger partial charge >= 0.3 is 0 Å². The predicted molar refractivity (Wildman–Crippen MR) is 173 cm³/mol. The van der Waals surface area contributed by atoms with Gasteiger partial charge in [-0.2, -0.15) is 0 Å². The van der Waals surface area contributed by atoms with Crippen LogP contribution < -0.4 is 33.6 Å². The number of aliphatic imine (C=N–C) groups is 1. The summed E-state index contributed by atoms with van der Waals surface area (Å²) < 4.78 is 0. The molecule has 2 aromatic carbocycles. The van der Waals surface area contributed by atoms with Crippen LogP contribution in [0.2, 0.25) is 0 Å². The third-order valence-electron chi connectivity index (χ3n) is 8.84. The van der Waals surface area contributed by atoms with E-state index in [0.29, 0.717) is 25.8 Å². The summed E-state index contributed by atoms with van der Waals surface area (Å²) in [6, 6.07) is 14.1. The lowest BCUT2D eigenvalue weighted by Crippen LogP contribution is -2.57. The van der Waals surface area contributed by atoms with Crippen molar-refractivity contribution >= 4 is 29.6 Å². The van der Waals surface area contributed by atoms with Crippen LogP contribution in [0.15, 0.2) is 59.6 Å². The Bertz CT molecular complexity index is 1360. The number of carbonyl (C=O) groups excluding carboxylic acids is 4. The average Bonchev–Trinajstić information content (AvgIpc) is 3.42. The van der Waals surface area contributed by atoms with Crippen LogP contribution in [0.4, 0.5) is 0 Å². The number of rotatable bonds is 13. The zero-order valence-corrected chi connectivity index (χ0v) is 25.9. The van der Waals surface area contributed by atoms with Gasteiger partial charge in [0.15, 0.2) is 5.96 Å². The van der Waals surface area contributed by atoms with E-state index in [1.54, 1.807) is 11.8 Å². The number of likely N-dealkylation sites (tertiary alicyclic amines) is 1. The van der Waals surface area contributed by atoms with Crippen molar-refractivity contribution in [1.29, 1.82) is 0 Å². The summed E-state index contributed by atoms with van der Waals surface area (Å²) in [5.41, 5.74) is 25.6. The Kier molecular flexibility index (Phi) is 11.5. The number of nitrogens with zero attached hydrogens (tertiary/aromatic N) is 2. The number of benzene rings is 2. The van der Waals surface area contributed by atoms with Crippen LogP contribution in [0, 0.1) is 5.92 Å². The number of guanidine groups is 1. The van der Waals surface area contributed by atoms with Gasteiger partial charge in [-0.15, -0.1) is 0 Å². The number of fused-ring (bicyclic) bond motifs is 1. The molecule has 2 aliphatic rings. The van der Waals surface area contributed by atoms with Gasteiger partial charge in [0.05, 0.1) is 6.04 Å². The molecule has 0 unspecified atom stereocenters. The molecule has 2 fully saturated rings. The molecule has 45 heavy (non-hydrogen) atoms. The number of carbonyl (C=O) groups is 4. The number of nitrogens with one attached hydrogen (secondary N) is 2. The molecular weight excluding hydrogens is 572 g/mol. The lowest BCUT2D eigenvalue weighted by molar-refractivity contribution is -0.142. The van der Waals surface area contributed by atoms with Crippen LogP contribution in [0.5, 0.6) is 0 Å². The molecule has 1 saturated carbocycles. The first-order valence-electron chi connectivity index (χ1n) is 15.7. The molecule has 0 spiro atoms. The minimum atomic E-state index is -0.969. The largest absolute Gasteiger partial charge is 0.370 e. The maximum Gasteiger partial charge on any atom is 0.243 e. The first kappa shape index (κ1) is 33.4. The molecule has 12 heteroatoms. The van der Waals surface area contributed by atoms with Gasteiger partial charge in [0, 0.05) is 19.0 Å². The second-order valence-corrected chi connectivity index (χ2v) is 12.1. The third-order valence-corrected chi connectivity index (χ3v) is 8.84. The number of amides is 4. The first-order valence-corrected chi connectivity index (χ1v) is 15.7. The molecule has 1 heterocycles. The van der Waals surface area contributed by atoms with E-state index in [-0.39, 0.29) is 30.2 Å². The Hall–Kier alpha value is -4.45. The maximum atomic E-state index is 13.6. The molecule has 4 rings (SSSR count). The molecule has 1 saturated heterocycles. The van der Waals surface area contributed by atoms with Crippen molar-refractivity contribution in [3.63, 3.8) is 0 Å². The van der Waals surface area contributed by atoms with Gasteiger partial charge in [-0.1, -0.05) is 67.4 Å². The van der Waals surface area contributed by atoms with Gasteiger partial charge in [0.25, 0.3) is 0 Å². The highest BCUT2D eigenvalue weighted by molar-refractivity contribution is 5.95. The van der Waals surface area contributed by atoms with E-state index in [1.165, 1.54) is 0 Å². The Morgan fingerprint density at radius 1 is 0.933 bits per heavy atom. The first-order chi connectivity index (χ1) is 21.5. The van der Waals surface area contributed by atoms with E-state index in [9.17, 15) is 19.2 Å². The Labute approximate surface area is 264 Å². The molecule has 6 atom stereocenters. The monoisotopic (exact) mass is 618 g/mol. The van der Waals surface area contributed by atoms with Crippen LogP contribution in [0.25, 0.3) is 11.1 Å². The summed E-state index contributed by atoms with van der Waals surface area (Å²) in [5.74, 6) is -1.74. The van der Waals surface area contributed by atoms with Crippen molar-refractivity contribution in [2.45, 2.75) is 88.5 Å². The van der Waals surface area contributed by atoms with Crippen LogP contribution in [-0.2, 0) is 25.6 Å². The second kappa shape index (κ2) is 15.5. The number of nitrogens with two attached hydrogens (primary N) is 4. The molecule has 0 bridgehead atoms. The highest BCUT2D eigenvalue weighted by Gasteiger charge is 2.48. The van der Waals surface area contributed by atoms with Gasteiger partial charge < -0.3 is 38.5 Å². The third kappa shape index (κ3) is 8.81. The smallest absolute Gasteiger partial charge is 0.243 e. The molecule has 0 aromatic heterocycles. The minimum absolute atomic E-state index is 0.0194. The maximum absolute atomic E-state index is 13.6. The van der Waals surface area contributed by atoms with Crippen molar-refractivity contribution < 1.29 is 19.2 Å². The van der Waals surface area contributed by atoms with Gasteiger partial charge in [-0.05, 0) is 61.6 Å². The highest BCUT2D eigenvalue weighted by atomic mass is 16.2. The SMILES string of the molecule is C[C@@H](NC(=O)[C@@H]1C[C@@H]2CCCC[C@@H]2N1C(=O)[C@H](N)CCCN=C(N)N)C(=O)N[C@@H](Cc1ccc(-c2ccccc2)cc1)C(N)=O. The van der Waals surface area contributed by atoms with Crippen molar-refractivity contribution in [3.05, 3.63) is 60.2 Å². The summed E-state index contributed by atoms with van der Waals surface area (Å²) in [4.78, 5) is 58.2. The van der Waals surface area contributed by atoms with Crippen LogP contribution >= 0.6 is 0 Å². The van der Waals surface area contributed by atoms with Crippen molar-refractivity contribution in [2.24, 2.45) is 33.8 Å². The average molecular weight is 619 g/mol. The second-order valence-electron chi connectivity index (χ2n) is 12.1. The summed E-state index contributed by atoms with van der Waals surface area (Å²) in [6.45, 7) is 1.90. The number of primary amides is 1. The summed E-state index contributed by atoms with van der Waals surface area (Å²) in [5, 5.41) is 5.46. The van der Waals surface area contributed by atoms with Crippen LogP contribution in [0.3, 0.4) is 0 Å². The van der Waals surface area contributed by atoms with Crippen LogP contribution in [0.1, 0.15) is 57.4 Å².